The average Bonchev–Trinajstić information content (AvgIpc) is 3.28. The Balaban J connectivity index is 1.44. The molecule has 4 rings (SSSR count). The van der Waals surface area contributed by atoms with Gasteiger partial charge in [-0.3, -0.25) is 10.2 Å². The van der Waals surface area contributed by atoms with Gasteiger partial charge in [-0.25, -0.2) is 9.78 Å². The van der Waals surface area contributed by atoms with Crippen molar-refractivity contribution in [1.82, 2.24) is 30.3 Å². The first kappa shape index (κ1) is 17.3. The molecule has 3 heterocycles. The Morgan fingerprint density at radius 2 is 1.96 bits per heavy atom. The predicted molar refractivity (Wildman–Crippen MR) is 102 cm³/mol. The van der Waals surface area contributed by atoms with Crippen molar-refractivity contribution < 1.29 is 4.79 Å². The third-order valence-corrected chi connectivity index (χ3v) is 4.79. The van der Waals surface area contributed by atoms with E-state index in [1.165, 1.54) is 0 Å². The van der Waals surface area contributed by atoms with E-state index in [9.17, 15) is 4.79 Å². The molecule has 0 radical (unpaired) electrons. The number of anilines is 1. The smallest absolute Gasteiger partial charge is 0.320 e. The van der Waals surface area contributed by atoms with Crippen LogP contribution >= 0.6 is 0 Å². The lowest BCUT2D eigenvalue weighted by Gasteiger charge is -2.27. The van der Waals surface area contributed by atoms with Gasteiger partial charge < -0.3 is 10.2 Å². The van der Waals surface area contributed by atoms with Crippen LogP contribution in [0.4, 0.5) is 10.5 Å². The third-order valence-electron chi connectivity index (χ3n) is 4.79. The van der Waals surface area contributed by atoms with E-state index in [4.69, 9.17) is 0 Å². The summed E-state index contributed by atoms with van der Waals surface area (Å²) in [5.74, 6) is 1.75. The molecule has 140 valence electrons. The summed E-state index contributed by atoms with van der Waals surface area (Å²) < 4.78 is 0. The summed E-state index contributed by atoms with van der Waals surface area (Å²) in [4.78, 5) is 18.8. The highest BCUT2D eigenvalue weighted by atomic mass is 16.2. The summed E-state index contributed by atoms with van der Waals surface area (Å²) in [5.41, 5.74) is 5.00. The van der Waals surface area contributed by atoms with Crippen molar-refractivity contribution in [3.05, 3.63) is 47.0 Å². The minimum Gasteiger partial charge on any atom is -0.320 e. The lowest BCUT2D eigenvalue weighted by molar-refractivity contribution is 0.206. The van der Waals surface area contributed by atoms with E-state index < -0.39 is 0 Å². The van der Waals surface area contributed by atoms with Gasteiger partial charge in [-0.2, -0.15) is 10.2 Å². The van der Waals surface area contributed by atoms with Crippen molar-refractivity contribution in [2.75, 3.05) is 11.9 Å². The van der Waals surface area contributed by atoms with Gasteiger partial charge in [0, 0.05) is 35.5 Å². The fraction of sp³-hybridized carbons (Fsp3) is 0.368. The van der Waals surface area contributed by atoms with Gasteiger partial charge in [-0.15, -0.1) is 0 Å². The Kier molecular flexibility index (Phi) is 4.39. The molecule has 0 saturated carbocycles. The first-order chi connectivity index (χ1) is 13.0. The van der Waals surface area contributed by atoms with Crippen LogP contribution in [0.25, 0.3) is 11.4 Å². The van der Waals surface area contributed by atoms with Crippen molar-refractivity contribution in [2.24, 2.45) is 0 Å². The topological polar surface area (TPSA) is 103 Å². The summed E-state index contributed by atoms with van der Waals surface area (Å²) in [6.07, 6.45) is 0.797. The van der Waals surface area contributed by atoms with Gasteiger partial charge in [0.1, 0.15) is 5.82 Å². The van der Waals surface area contributed by atoms with E-state index in [0.717, 1.165) is 40.4 Å². The molecule has 1 aromatic carbocycles. The molecule has 0 atom stereocenters. The molecule has 1 aliphatic heterocycles. The van der Waals surface area contributed by atoms with Crippen LogP contribution in [0.1, 0.15) is 42.5 Å². The van der Waals surface area contributed by atoms with Crippen LogP contribution in [-0.4, -0.2) is 42.9 Å². The molecule has 3 N–H and O–H groups in total. The third kappa shape index (κ3) is 3.42. The summed E-state index contributed by atoms with van der Waals surface area (Å²) >= 11 is 0. The normalized spacial score (nSPS) is 13.7. The molecule has 0 spiro atoms. The molecule has 0 unspecified atom stereocenters. The van der Waals surface area contributed by atoms with Gasteiger partial charge >= 0.3 is 6.03 Å². The summed E-state index contributed by atoms with van der Waals surface area (Å²) in [7, 11) is 0. The van der Waals surface area contributed by atoms with E-state index in [0.29, 0.717) is 24.8 Å². The molecule has 8 heteroatoms. The quantitative estimate of drug-likeness (QED) is 0.663. The number of hydrogen-bond donors (Lipinski definition) is 3. The number of nitrogens with one attached hydrogen (secondary N) is 3. The lowest BCUT2D eigenvalue weighted by Crippen LogP contribution is -2.39. The van der Waals surface area contributed by atoms with Crippen molar-refractivity contribution in [3.8, 4) is 11.4 Å². The Labute approximate surface area is 157 Å². The standard InChI is InChI=1S/C19H23N7O/c1-11(2)17-15-10-26(9-8-16(15)23-24-17)19(27)21-14-6-4-13(5-7-14)18-20-12(3)22-25-18/h4-7,11H,8-10H2,1-3H3,(H,21,27)(H,23,24)(H,20,22,25). The molecule has 3 aromatic rings. The molecule has 2 amide bonds. The molecular weight excluding hydrogens is 342 g/mol. The zero-order valence-electron chi connectivity index (χ0n) is 15.7. The number of nitrogens with zero attached hydrogens (tertiary/aromatic N) is 4. The van der Waals surface area contributed by atoms with Crippen LogP contribution in [0.15, 0.2) is 24.3 Å². The van der Waals surface area contributed by atoms with E-state index in [1.807, 2.05) is 36.1 Å². The fourth-order valence-electron chi connectivity index (χ4n) is 3.35. The number of aromatic nitrogens is 5. The predicted octanol–water partition coefficient (Wildman–Crippen LogP) is 3.22. The van der Waals surface area contributed by atoms with Gasteiger partial charge in [0.15, 0.2) is 5.82 Å². The molecule has 27 heavy (non-hydrogen) atoms. The highest BCUT2D eigenvalue weighted by molar-refractivity contribution is 5.89. The number of amides is 2. The van der Waals surface area contributed by atoms with E-state index in [1.54, 1.807) is 0 Å². The van der Waals surface area contributed by atoms with E-state index >= 15 is 0 Å². The number of hydrogen-bond acceptors (Lipinski definition) is 4. The minimum atomic E-state index is -0.0990. The first-order valence-electron chi connectivity index (χ1n) is 9.12. The van der Waals surface area contributed by atoms with Crippen molar-refractivity contribution in [2.45, 2.75) is 39.7 Å². The monoisotopic (exact) mass is 365 g/mol. The van der Waals surface area contributed by atoms with Crippen LogP contribution < -0.4 is 5.32 Å². The number of urea groups is 1. The number of H-pyrrole nitrogens is 2. The maximum Gasteiger partial charge on any atom is 0.322 e. The number of rotatable bonds is 3. The molecular formula is C19H23N7O. The Hall–Kier alpha value is -3.16. The largest absolute Gasteiger partial charge is 0.322 e. The van der Waals surface area contributed by atoms with Crippen molar-refractivity contribution in [1.29, 1.82) is 0 Å². The van der Waals surface area contributed by atoms with Gasteiger partial charge in [0.05, 0.1) is 12.2 Å². The first-order valence-corrected chi connectivity index (χ1v) is 9.12. The van der Waals surface area contributed by atoms with Gasteiger partial charge in [0.2, 0.25) is 0 Å². The lowest BCUT2D eigenvalue weighted by atomic mass is 10.00. The van der Waals surface area contributed by atoms with Crippen LogP contribution in [0.2, 0.25) is 0 Å². The minimum absolute atomic E-state index is 0.0990. The zero-order chi connectivity index (χ0) is 19.0. The zero-order valence-corrected chi connectivity index (χ0v) is 15.7. The Bertz CT molecular complexity index is 955. The highest BCUT2D eigenvalue weighted by Gasteiger charge is 2.26. The van der Waals surface area contributed by atoms with E-state index in [2.05, 4.69) is 44.5 Å². The Morgan fingerprint density at radius 1 is 1.19 bits per heavy atom. The number of benzene rings is 1. The van der Waals surface area contributed by atoms with Crippen molar-refractivity contribution in [3.63, 3.8) is 0 Å². The number of fused-ring (bicyclic) bond motifs is 1. The molecule has 0 bridgehead atoms. The van der Waals surface area contributed by atoms with Gasteiger partial charge in [-0.05, 0) is 37.1 Å². The number of carbonyl (C=O) groups excluding carboxylic acids is 1. The summed E-state index contributed by atoms with van der Waals surface area (Å²) in [6.45, 7) is 7.35. The molecule has 8 nitrogen and oxygen atoms in total. The SMILES string of the molecule is Cc1nc(-c2ccc(NC(=O)N3CCc4[nH]nc(C(C)C)c4C3)cc2)n[nH]1. The van der Waals surface area contributed by atoms with Crippen molar-refractivity contribution >= 4 is 11.7 Å². The maximum atomic E-state index is 12.7. The second-order valence-corrected chi connectivity index (χ2v) is 7.14. The van der Waals surface area contributed by atoms with Crippen LogP contribution in [0.3, 0.4) is 0 Å². The summed E-state index contributed by atoms with van der Waals surface area (Å²) in [5, 5.41) is 17.5. The number of aromatic amines is 2. The molecule has 1 aliphatic rings. The molecule has 0 aliphatic carbocycles. The summed E-state index contributed by atoms with van der Waals surface area (Å²) in [6, 6.07) is 7.44. The second-order valence-electron chi connectivity index (χ2n) is 7.14. The van der Waals surface area contributed by atoms with E-state index in [-0.39, 0.29) is 6.03 Å². The molecule has 0 saturated heterocycles. The Morgan fingerprint density at radius 3 is 2.63 bits per heavy atom. The van der Waals surface area contributed by atoms with Gasteiger partial charge in [0.25, 0.3) is 0 Å². The van der Waals surface area contributed by atoms with Crippen LogP contribution in [0.5, 0.6) is 0 Å². The number of carbonyl (C=O) groups is 1. The number of aryl methyl sites for hydroxylation is 1. The van der Waals surface area contributed by atoms with Crippen LogP contribution in [0, 0.1) is 6.92 Å². The molecule has 0 fully saturated rings. The molecule has 2 aromatic heterocycles. The average molecular weight is 365 g/mol. The van der Waals surface area contributed by atoms with Crippen LogP contribution in [-0.2, 0) is 13.0 Å². The maximum absolute atomic E-state index is 12.7. The highest BCUT2D eigenvalue weighted by Crippen LogP contribution is 2.26. The fourth-order valence-corrected chi connectivity index (χ4v) is 3.35. The second kappa shape index (κ2) is 6.86. The van der Waals surface area contributed by atoms with Gasteiger partial charge in [-0.1, -0.05) is 13.8 Å².